The first kappa shape index (κ1) is 20.1. The third-order valence-corrected chi connectivity index (χ3v) is 5.02. The fourth-order valence-corrected chi connectivity index (χ4v) is 3.29. The van der Waals surface area contributed by atoms with Gasteiger partial charge in [0.2, 0.25) is 5.88 Å². The molecule has 150 valence electrons. The van der Waals surface area contributed by atoms with Gasteiger partial charge < -0.3 is 14.5 Å². The van der Waals surface area contributed by atoms with E-state index in [9.17, 15) is 0 Å². The van der Waals surface area contributed by atoms with E-state index in [2.05, 4.69) is 40.8 Å². The van der Waals surface area contributed by atoms with Crippen molar-refractivity contribution in [3.63, 3.8) is 0 Å². The summed E-state index contributed by atoms with van der Waals surface area (Å²) in [7, 11) is 0. The third-order valence-electron chi connectivity index (χ3n) is 5.02. The number of likely N-dealkylation sites (tertiary alicyclic amines) is 1. The lowest BCUT2D eigenvalue weighted by atomic mass is 10.1. The maximum Gasteiger partial charge on any atom is 0.255 e. The van der Waals surface area contributed by atoms with E-state index in [4.69, 9.17) is 9.57 Å². The van der Waals surface area contributed by atoms with Crippen LogP contribution in [-0.2, 0) is 0 Å². The van der Waals surface area contributed by atoms with Gasteiger partial charge in [-0.3, -0.25) is 0 Å². The number of aryl methyl sites for hydroxylation is 1. The molecule has 1 fully saturated rings. The quantitative estimate of drug-likeness (QED) is 0.699. The zero-order valence-electron chi connectivity index (χ0n) is 17.1. The number of aromatic nitrogens is 2. The summed E-state index contributed by atoms with van der Waals surface area (Å²) in [6.07, 6.45) is 4.88. The number of benzene rings is 1. The van der Waals surface area contributed by atoms with E-state index in [1.54, 1.807) is 0 Å². The molecule has 0 aliphatic carbocycles. The molecule has 0 unspecified atom stereocenters. The van der Waals surface area contributed by atoms with Crippen molar-refractivity contribution in [3.05, 3.63) is 53.9 Å². The average molecular weight is 383 g/mol. The molecule has 2 aromatic rings. The lowest BCUT2D eigenvalue weighted by Gasteiger charge is -2.31. The van der Waals surface area contributed by atoms with Crippen molar-refractivity contribution in [2.45, 2.75) is 46.1 Å². The first-order valence-corrected chi connectivity index (χ1v) is 9.96. The third kappa shape index (κ3) is 5.23. The van der Waals surface area contributed by atoms with Crippen LogP contribution in [0.1, 0.15) is 42.9 Å². The van der Waals surface area contributed by atoms with Crippen molar-refractivity contribution < 1.29 is 9.57 Å². The second-order valence-corrected chi connectivity index (χ2v) is 7.32. The van der Waals surface area contributed by atoms with Crippen LogP contribution >= 0.6 is 0 Å². The topological polar surface area (TPSA) is 59.5 Å². The van der Waals surface area contributed by atoms with Gasteiger partial charge in [0.25, 0.3) is 5.88 Å². The predicted molar refractivity (Wildman–Crippen MR) is 111 cm³/mol. The number of nitrogens with zero attached hydrogens (tertiary/aromatic N) is 3. The van der Waals surface area contributed by atoms with Crippen molar-refractivity contribution in [1.29, 1.82) is 0 Å². The van der Waals surface area contributed by atoms with Crippen LogP contribution in [0.3, 0.4) is 0 Å². The van der Waals surface area contributed by atoms with E-state index in [0.29, 0.717) is 17.5 Å². The molecule has 28 heavy (non-hydrogen) atoms. The molecule has 1 aliphatic heterocycles. The summed E-state index contributed by atoms with van der Waals surface area (Å²) >= 11 is 0. The lowest BCUT2D eigenvalue weighted by molar-refractivity contribution is 0.0954. The number of rotatable bonds is 8. The van der Waals surface area contributed by atoms with E-state index in [1.165, 1.54) is 18.3 Å². The monoisotopic (exact) mass is 382 g/mol. The molecular formula is C22H30N4O2. The van der Waals surface area contributed by atoms with Crippen LogP contribution in [0.2, 0.25) is 0 Å². The number of piperidine rings is 1. The normalized spacial score (nSPS) is 15.2. The van der Waals surface area contributed by atoms with Gasteiger partial charge in [-0.05, 0) is 39.7 Å². The smallest absolute Gasteiger partial charge is 0.255 e. The second-order valence-electron chi connectivity index (χ2n) is 7.32. The molecule has 1 aromatic carbocycles. The molecule has 0 atom stereocenters. The number of hydroxylamine groups is 1. The molecule has 1 aliphatic rings. The van der Waals surface area contributed by atoms with Gasteiger partial charge in [0.1, 0.15) is 12.4 Å². The Morgan fingerprint density at radius 1 is 1.14 bits per heavy atom. The van der Waals surface area contributed by atoms with Gasteiger partial charge in [-0.1, -0.05) is 43.3 Å². The van der Waals surface area contributed by atoms with Crippen LogP contribution in [0.15, 0.2) is 37.2 Å². The van der Waals surface area contributed by atoms with Gasteiger partial charge in [0, 0.05) is 18.7 Å². The maximum absolute atomic E-state index is 6.15. The SMILES string of the molecule is C=C(NOc1ncnc(OC2CCN(CCC)CC2)c1C)c1ccc(C)cc1. The van der Waals surface area contributed by atoms with E-state index in [0.717, 1.165) is 43.6 Å². The molecule has 0 saturated carbocycles. The van der Waals surface area contributed by atoms with E-state index in [-0.39, 0.29) is 6.10 Å². The number of nitrogens with one attached hydrogen (secondary N) is 1. The molecule has 1 aromatic heterocycles. The standard InChI is InChI=1S/C22H30N4O2/c1-5-12-26-13-10-20(11-14-26)27-21-17(3)22(24-15-23-21)28-25-18(4)19-8-6-16(2)7-9-19/h6-9,15,20,25H,4-5,10-14H2,1-3H3. The van der Waals surface area contributed by atoms with E-state index in [1.807, 2.05) is 31.2 Å². The molecule has 6 nitrogen and oxygen atoms in total. The van der Waals surface area contributed by atoms with Crippen molar-refractivity contribution >= 4 is 5.70 Å². The summed E-state index contributed by atoms with van der Waals surface area (Å²) in [5.41, 5.74) is 6.50. The zero-order chi connectivity index (χ0) is 19.9. The van der Waals surface area contributed by atoms with Crippen LogP contribution in [0.4, 0.5) is 0 Å². The zero-order valence-corrected chi connectivity index (χ0v) is 17.1. The Kier molecular flexibility index (Phi) is 6.87. The van der Waals surface area contributed by atoms with E-state index >= 15 is 0 Å². The lowest BCUT2D eigenvalue weighted by Crippen LogP contribution is -2.38. The second kappa shape index (κ2) is 9.55. The summed E-state index contributed by atoms with van der Waals surface area (Å²) in [6, 6.07) is 8.08. The minimum Gasteiger partial charge on any atom is -0.474 e. The van der Waals surface area contributed by atoms with Crippen molar-refractivity contribution in [2.75, 3.05) is 19.6 Å². The van der Waals surface area contributed by atoms with Crippen molar-refractivity contribution in [1.82, 2.24) is 20.3 Å². The Bertz CT molecular complexity index is 784. The average Bonchev–Trinajstić information content (AvgIpc) is 2.70. The van der Waals surface area contributed by atoms with Crippen molar-refractivity contribution in [2.24, 2.45) is 0 Å². The summed E-state index contributed by atoms with van der Waals surface area (Å²) in [5.74, 6) is 1.03. The summed E-state index contributed by atoms with van der Waals surface area (Å²) in [5, 5.41) is 0. The highest BCUT2D eigenvalue weighted by molar-refractivity contribution is 5.61. The highest BCUT2D eigenvalue weighted by Gasteiger charge is 2.22. The number of ether oxygens (including phenoxy) is 1. The summed E-state index contributed by atoms with van der Waals surface area (Å²) < 4.78 is 6.15. The van der Waals surface area contributed by atoms with Gasteiger partial charge in [0.15, 0.2) is 0 Å². The highest BCUT2D eigenvalue weighted by Crippen LogP contribution is 2.25. The van der Waals surface area contributed by atoms with Crippen LogP contribution in [-0.4, -0.2) is 40.6 Å². The molecule has 0 bridgehead atoms. The Hall–Kier alpha value is -2.60. The van der Waals surface area contributed by atoms with Gasteiger partial charge in [-0.25, -0.2) is 10.5 Å². The van der Waals surface area contributed by atoms with E-state index < -0.39 is 0 Å². The molecule has 3 rings (SSSR count). The van der Waals surface area contributed by atoms with Gasteiger partial charge >= 0.3 is 0 Å². The van der Waals surface area contributed by atoms with Gasteiger partial charge in [-0.15, -0.1) is 0 Å². The summed E-state index contributed by atoms with van der Waals surface area (Å²) in [6.45, 7) is 13.5. The maximum atomic E-state index is 6.15. The van der Waals surface area contributed by atoms with Crippen LogP contribution in [0, 0.1) is 13.8 Å². The Balaban J connectivity index is 1.57. The predicted octanol–water partition coefficient (Wildman–Crippen LogP) is 3.90. The largest absolute Gasteiger partial charge is 0.474 e. The Labute approximate surface area is 167 Å². The molecule has 0 radical (unpaired) electrons. The van der Waals surface area contributed by atoms with Gasteiger partial charge in [0.05, 0.1) is 11.3 Å². The Morgan fingerprint density at radius 3 is 2.50 bits per heavy atom. The minimum atomic E-state index is 0.185. The molecule has 1 N–H and O–H groups in total. The number of hydrogen-bond donors (Lipinski definition) is 1. The molecular weight excluding hydrogens is 352 g/mol. The van der Waals surface area contributed by atoms with Crippen molar-refractivity contribution in [3.8, 4) is 11.8 Å². The van der Waals surface area contributed by atoms with Crippen LogP contribution in [0.5, 0.6) is 11.8 Å². The minimum absolute atomic E-state index is 0.185. The van der Waals surface area contributed by atoms with Gasteiger partial charge in [-0.2, -0.15) is 4.98 Å². The van der Waals surface area contributed by atoms with Crippen LogP contribution < -0.4 is 15.1 Å². The molecule has 1 saturated heterocycles. The molecule has 0 spiro atoms. The molecule has 2 heterocycles. The molecule has 0 amide bonds. The summed E-state index contributed by atoms with van der Waals surface area (Å²) in [4.78, 5) is 16.7. The fourth-order valence-electron chi connectivity index (χ4n) is 3.29. The first-order chi connectivity index (χ1) is 13.6. The highest BCUT2D eigenvalue weighted by atomic mass is 16.7. The first-order valence-electron chi connectivity index (χ1n) is 9.96. The Morgan fingerprint density at radius 2 is 1.82 bits per heavy atom. The molecule has 6 heteroatoms. The fraction of sp³-hybridized carbons (Fsp3) is 0.455. The number of hydrogen-bond acceptors (Lipinski definition) is 6. The van der Waals surface area contributed by atoms with Crippen LogP contribution in [0.25, 0.3) is 5.70 Å².